The first-order chi connectivity index (χ1) is 9.12. The van der Waals surface area contributed by atoms with Gasteiger partial charge in [-0.05, 0) is 32.5 Å². The van der Waals surface area contributed by atoms with E-state index >= 15 is 0 Å². The van der Waals surface area contributed by atoms with Crippen molar-refractivity contribution in [2.24, 2.45) is 0 Å². The van der Waals surface area contributed by atoms with Crippen molar-refractivity contribution in [2.45, 2.75) is 32.7 Å². The van der Waals surface area contributed by atoms with Gasteiger partial charge in [-0.15, -0.1) is 0 Å². The van der Waals surface area contributed by atoms with Crippen LogP contribution in [0.4, 0.5) is 0 Å². The van der Waals surface area contributed by atoms with Gasteiger partial charge in [0.25, 0.3) is 0 Å². The van der Waals surface area contributed by atoms with E-state index in [1.807, 2.05) is 7.05 Å². The van der Waals surface area contributed by atoms with Gasteiger partial charge in [-0.1, -0.05) is 13.0 Å². The van der Waals surface area contributed by atoms with Crippen molar-refractivity contribution >= 4 is 24.8 Å². The van der Waals surface area contributed by atoms with Crippen LogP contribution in [-0.4, -0.2) is 34.1 Å². The molecule has 0 saturated heterocycles. The molecular weight excluding hydrogens is 258 g/mol. The second-order valence-corrected chi connectivity index (χ2v) is 4.82. The van der Waals surface area contributed by atoms with Crippen molar-refractivity contribution < 1.29 is 5.11 Å². The summed E-state index contributed by atoms with van der Waals surface area (Å²) in [4.78, 5) is 0. The molecule has 3 N–H and O–H groups in total. The molecule has 1 aromatic heterocycles. The topological polar surface area (TPSA) is 60.9 Å². The Labute approximate surface area is 119 Å². The van der Waals surface area contributed by atoms with E-state index in [0.29, 0.717) is 11.8 Å². The molecule has 1 heterocycles. The highest BCUT2D eigenvalue weighted by Crippen LogP contribution is 1.95. The smallest absolute Gasteiger partial charge is 0.113 e. The molecule has 1 rings (SSSR count). The standard InChI is InChI=1S/C14H23N3OS/c1-4-5-13-12(9-11(18)6-7-19)14(17-16-13)8-10(2)15-3/h5-6,9-10,15-16,18-19H,4,7-8H2,1-3H3/b11-6+,12-9+,13-5+. The maximum Gasteiger partial charge on any atom is 0.113 e. The van der Waals surface area contributed by atoms with Crippen LogP contribution in [0.3, 0.4) is 0 Å². The molecule has 0 amide bonds. The summed E-state index contributed by atoms with van der Waals surface area (Å²) >= 11 is 4.08. The molecule has 0 aliphatic heterocycles. The largest absolute Gasteiger partial charge is 0.508 e. The van der Waals surface area contributed by atoms with Crippen molar-refractivity contribution in [3.63, 3.8) is 0 Å². The Morgan fingerprint density at radius 2 is 2.32 bits per heavy atom. The van der Waals surface area contributed by atoms with Crippen molar-refractivity contribution in [1.82, 2.24) is 15.5 Å². The van der Waals surface area contributed by atoms with Crippen LogP contribution in [0.2, 0.25) is 0 Å². The molecule has 0 aromatic carbocycles. The van der Waals surface area contributed by atoms with Crippen LogP contribution in [0.5, 0.6) is 0 Å². The Balaban J connectivity index is 3.27. The SMILES string of the molecule is CC/C=c1/[nH]nc(CC(C)NC)/c1=C/C(O)=C\CS. The maximum atomic E-state index is 9.81. The zero-order valence-electron chi connectivity index (χ0n) is 11.8. The van der Waals surface area contributed by atoms with Gasteiger partial charge in [-0.3, -0.25) is 5.10 Å². The van der Waals surface area contributed by atoms with E-state index in [9.17, 15) is 5.11 Å². The molecule has 1 aromatic rings. The number of aromatic nitrogens is 2. The molecular formula is C14H23N3OS. The number of nitrogens with one attached hydrogen (secondary N) is 2. The molecule has 0 fully saturated rings. The van der Waals surface area contributed by atoms with Gasteiger partial charge < -0.3 is 10.4 Å². The Bertz CT molecular complexity index is 533. The van der Waals surface area contributed by atoms with Crippen LogP contribution in [0.1, 0.15) is 26.0 Å². The summed E-state index contributed by atoms with van der Waals surface area (Å²) in [5, 5.41) is 22.3. The number of allylic oxidation sites excluding steroid dienone is 1. The molecule has 0 aliphatic rings. The van der Waals surface area contributed by atoms with Crippen molar-refractivity contribution in [3.05, 3.63) is 28.1 Å². The normalized spacial score (nSPS) is 16.1. The van der Waals surface area contributed by atoms with E-state index in [1.165, 1.54) is 0 Å². The van der Waals surface area contributed by atoms with E-state index in [0.717, 1.165) is 29.1 Å². The lowest BCUT2D eigenvalue weighted by molar-refractivity contribution is 0.440. The Morgan fingerprint density at radius 3 is 2.89 bits per heavy atom. The molecule has 106 valence electrons. The summed E-state index contributed by atoms with van der Waals surface area (Å²) in [7, 11) is 1.93. The lowest BCUT2D eigenvalue weighted by atomic mass is 10.1. The lowest BCUT2D eigenvalue weighted by Gasteiger charge is -2.06. The van der Waals surface area contributed by atoms with E-state index in [1.54, 1.807) is 12.2 Å². The third kappa shape index (κ3) is 4.76. The monoisotopic (exact) mass is 281 g/mol. The fourth-order valence-electron chi connectivity index (χ4n) is 1.77. The summed E-state index contributed by atoms with van der Waals surface area (Å²) in [5.41, 5.74) is 0.959. The Kier molecular flexibility index (Phi) is 6.73. The highest BCUT2D eigenvalue weighted by Gasteiger charge is 2.06. The minimum atomic E-state index is 0.223. The van der Waals surface area contributed by atoms with Gasteiger partial charge in [0.05, 0.1) is 11.0 Å². The fourth-order valence-corrected chi connectivity index (χ4v) is 1.96. The first kappa shape index (κ1) is 15.9. The number of rotatable bonds is 6. The van der Waals surface area contributed by atoms with Gasteiger partial charge in [-0.25, -0.2) is 0 Å². The summed E-state index contributed by atoms with van der Waals surface area (Å²) in [6, 6.07) is 0.334. The summed E-state index contributed by atoms with van der Waals surface area (Å²) in [6.07, 6.45) is 7.21. The predicted molar refractivity (Wildman–Crippen MR) is 83.8 cm³/mol. The van der Waals surface area contributed by atoms with E-state index < -0.39 is 0 Å². The molecule has 4 nitrogen and oxygen atoms in total. The number of aromatic amines is 1. The average molecular weight is 281 g/mol. The molecule has 0 aliphatic carbocycles. The number of H-pyrrole nitrogens is 1. The zero-order chi connectivity index (χ0) is 14.3. The van der Waals surface area contributed by atoms with E-state index in [2.05, 4.69) is 48.1 Å². The van der Waals surface area contributed by atoms with Crippen molar-refractivity contribution in [3.8, 4) is 0 Å². The van der Waals surface area contributed by atoms with Gasteiger partial charge in [0.1, 0.15) is 5.76 Å². The van der Waals surface area contributed by atoms with Crippen LogP contribution in [0, 0.1) is 0 Å². The highest BCUT2D eigenvalue weighted by atomic mass is 32.1. The number of likely N-dealkylation sites (N-methyl/N-ethyl adjacent to an activating group) is 1. The van der Waals surface area contributed by atoms with Crippen molar-refractivity contribution in [1.29, 1.82) is 0 Å². The minimum Gasteiger partial charge on any atom is -0.508 e. The van der Waals surface area contributed by atoms with Gasteiger partial charge >= 0.3 is 0 Å². The van der Waals surface area contributed by atoms with Crippen LogP contribution >= 0.6 is 12.6 Å². The first-order valence-electron chi connectivity index (χ1n) is 6.54. The van der Waals surface area contributed by atoms with Gasteiger partial charge in [-0.2, -0.15) is 17.7 Å². The molecule has 0 bridgehead atoms. The summed E-state index contributed by atoms with van der Waals surface area (Å²) in [6.45, 7) is 4.18. The van der Waals surface area contributed by atoms with Gasteiger partial charge in [0.2, 0.25) is 0 Å². The zero-order valence-corrected chi connectivity index (χ0v) is 12.7. The lowest BCUT2D eigenvalue weighted by Crippen LogP contribution is -2.30. The second-order valence-electron chi connectivity index (χ2n) is 4.46. The van der Waals surface area contributed by atoms with E-state index in [4.69, 9.17) is 0 Å². The number of aliphatic hydroxyl groups excluding tert-OH is 1. The van der Waals surface area contributed by atoms with Crippen LogP contribution in [0.15, 0.2) is 11.8 Å². The maximum absolute atomic E-state index is 9.81. The summed E-state index contributed by atoms with van der Waals surface area (Å²) < 4.78 is 0. The fraction of sp³-hybridized carbons (Fsp3) is 0.500. The minimum absolute atomic E-state index is 0.223. The van der Waals surface area contributed by atoms with Crippen molar-refractivity contribution in [2.75, 3.05) is 12.8 Å². The quantitative estimate of drug-likeness (QED) is 0.463. The third-order valence-electron chi connectivity index (χ3n) is 2.91. The van der Waals surface area contributed by atoms with Crippen LogP contribution in [-0.2, 0) is 6.42 Å². The summed E-state index contributed by atoms with van der Waals surface area (Å²) in [5.74, 6) is 0.732. The Hall–Kier alpha value is -1.20. The molecule has 19 heavy (non-hydrogen) atoms. The molecule has 0 radical (unpaired) electrons. The number of nitrogens with zero attached hydrogens (tertiary/aromatic N) is 1. The molecule has 1 atom stereocenters. The first-order valence-corrected chi connectivity index (χ1v) is 7.18. The number of thiol groups is 1. The van der Waals surface area contributed by atoms with Gasteiger partial charge in [0.15, 0.2) is 0 Å². The number of hydrogen-bond acceptors (Lipinski definition) is 4. The molecule has 1 unspecified atom stereocenters. The highest BCUT2D eigenvalue weighted by molar-refractivity contribution is 7.80. The van der Waals surface area contributed by atoms with E-state index in [-0.39, 0.29) is 5.76 Å². The molecule has 5 heteroatoms. The average Bonchev–Trinajstić information content (AvgIpc) is 2.73. The Morgan fingerprint density at radius 1 is 1.58 bits per heavy atom. The third-order valence-corrected chi connectivity index (χ3v) is 3.09. The number of hydrogen-bond donors (Lipinski definition) is 4. The van der Waals surface area contributed by atoms with Crippen LogP contribution < -0.4 is 15.9 Å². The predicted octanol–water partition coefficient (Wildman–Crippen LogP) is 0.903. The van der Waals surface area contributed by atoms with Gasteiger partial charge in [0, 0.05) is 23.4 Å². The molecule has 0 spiro atoms. The molecule has 0 saturated carbocycles. The second kappa shape index (κ2) is 8.07. The van der Waals surface area contributed by atoms with Crippen LogP contribution in [0.25, 0.3) is 12.2 Å². The number of aliphatic hydroxyl groups is 1.